The van der Waals surface area contributed by atoms with Gasteiger partial charge in [-0.2, -0.15) is 0 Å². The average Bonchev–Trinajstić information content (AvgIpc) is 2.34. The van der Waals surface area contributed by atoms with Crippen molar-refractivity contribution in [1.82, 2.24) is 0 Å². The van der Waals surface area contributed by atoms with E-state index in [0.717, 1.165) is 12.5 Å². The number of hydrogen-bond acceptors (Lipinski definition) is 5. The van der Waals surface area contributed by atoms with Gasteiger partial charge in [-0.1, -0.05) is 12.2 Å². The van der Waals surface area contributed by atoms with Crippen LogP contribution in [0, 0.1) is 20.2 Å². The zero-order valence-corrected chi connectivity index (χ0v) is 9.83. The molecule has 1 rings (SSSR count). The van der Waals surface area contributed by atoms with Crippen molar-refractivity contribution < 1.29 is 9.85 Å². The third kappa shape index (κ3) is 3.55. The van der Waals surface area contributed by atoms with Crippen LogP contribution in [-0.4, -0.2) is 16.4 Å². The van der Waals surface area contributed by atoms with Gasteiger partial charge in [0.05, 0.1) is 15.9 Å². The van der Waals surface area contributed by atoms with Gasteiger partial charge in [-0.15, -0.1) is 0 Å². The third-order valence-electron chi connectivity index (χ3n) is 2.25. The standard InChI is InChI=1S/C11H13N3O4/c1-2-3-4-7-12-10-6-5-9(13(15)16)8-11(10)14(17)18/h2-3,5-6,8,12H,4,7H2,1H3/b3-2+. The molecular formula is C11H13N3O4. The average molecular weight is 251 g/mol. The van der Waals surface area contributed by atoms with Crippen molar-refractivity contribution in [3.05, 3.63) is 50.6 Å². The van der Waals surface area contributed by atoms with Gasteiger partial charge >= 0.3 is 0 Å². The predicted molar refractivity (Wildman–Crippen MR) is 67.7 cm³/mol. The number of non-ortho nitro benzene ring substituents is 1. The Kier molecular flexibility index (Phi) is 4.79. The summed E-state index contributed by atoms with van der Waals surface area (Å²) in [6.07, 6.45) is 4.53. The molecule has 0 aliphatic carbocycles. The highest BCUT2D eigenvalue weighted by atomic mass is 16.6. The molecule has 0 unspecified atom stereocenters. The van der Waals surface area contributed by atoms with Gasteiger partial charge in [-0.3, -0.25) is 20.2 Å². The van der Waals surface area contributed by atoms with Crippen LogP contribution in [0.5, 0.6) is 0 Å². The van der Waals surface area contributed by atoms with Gasteiger partial charge in [0.1, 0.15) is 5.69 Å². The van der Waals surface area contributed by atoms with E-state index >= 15 is 0 Å². The fraction of sp³-hybridized carbons (Fsp3) is 0.273. The van der Waals surface area contributed by atoms with Crippen LogP contribution in [0.1, 0.15) is 13.3 Å². The van der Waals surface area contributed by atoms with Crippen molar-refractivity contribution in [2.75, 3.05) is 11.9 Å². The Hall–Kier alpha value is -2.44. The predicted octanol–water partition coefficient (Wildman–Crippen LogP) is 2.88. The number of nitrogens with one attached hydrogen (secondary N) is 1. The minimum Gasteiger partial charge on any atom is -0.379 e. The molecule has 0 aromatic heterocycles. The molecule has 0 radical (unpaired) electrons. The van der Waals surface area contributed by atoms with Gasteiger partial charge in [-0.25, -0.2) is 0 Å². The zero-order chi connectivity index (χ0) is 13.5. The lowest BCUT2D eigenvalue weighted by Gasteiger charge is -2.05. The van der Waals surface area contributed by atoms with E-state index in [0.29, 0.717) is 6.54 Å². The molecule has 96 valence electrons. The van der Waals surface area contributed by atoms with Crippen molar-refractivity contribution in [3.8, 4) is 0 Å². The first-order chi connectivity index (χ1) is 8.56. The highest BCUT2D eigenvalue weighted by Crippen LogP contribution is 2.28. The van der Waals surface area contributed by atoms with E-state index in [-0.39, 0.29) is 17.1 Å². The van der Waals surface area contributed by atoms with Crippen LogP contribution in [0.15, 0.2) is 30.4 Å². The summed E-state index contributed by atoms with van der Waals surface area (Å²) >= 11 is 0. The Morgan fingerprint density at radius 2 is 2.00 bits per heavy atom. The van der Waals surface area contributed by atoms with E-state index in [2.05, 4.69) is 5.32 Å². The lowest BCUT2D eigenvalue weighted by atomic mass is 10.2. The second-order valence-corrected chi connectivity index (χ2v) is 3.50. The summed E-state index contributed by atoms with van der Waals surface area (Å²) in [5, 5.41) is 24.2. The molecule has 0 saturated heterocycles. The van der Waals surface area contributed by atoms with E-state index in [4.69, 9.17) is 0 Å². The highest BCUT2D eigenvalue weighted by molar-refractivity contribution is 5.65. The Morgan fingerprint density at radius 3 is 2.56 bits per heavy atom. The molecule has 0 bridgehead atoms. The molecule has 0 saturated carbocycles. The van der Waals surface area contributed by atoms with Crippen molar-refractivity contribution in [2.45, 2.75) is 13.3 Å². The fourth-order valence-corrected chi connectivity index (χ4v) is 1.39. The van der Waals surface area contributed by atoms with Gasteiger partial charge in [0, 0.05) is 12.6 Å². The first-order valence-corrected chi connectivity index (χ1v) is 5.34. The van der Waals surface area contributed by atoms with Gasteiger partial charge in [0.2, 0.25) is 0 Å². The summed E-state index contributed by atoms with van der Waals surface area (Å²) in [6.45, 7) is 2.41. The molecule has 0 fully saturated rings. The maximum absolute atomic E-state index is 10.8. The normalized spacial score (nSPS) is 10.5. The maximum Gasteiger partial charge on any atom is 0.299 e. The molecule has 0 spiro atoms. The minimum atomic E-state index is -0.656. The summed E-state index contributed by atoms with van der Waals surface area (Å²) < 4.78 is 0. The Morgan fingerprint density at radius 1 is 1.28 bits per heavy atom. The number of benzene rings is 1. The topological polar surface area (TPSA) is 98.3 Å². The molecule has 1 aromatic carbocycles. The number of anilines is 1. The summed E-state index contributed by atoms with van der Waals surface area (Å²) in [5.74, 6) is 0. The van der Waals surface area contributed by atoms with E-state index < -0.39 is 9.85 Å². The number of hydrogen-bond donors (Lipinski definition) is 1. The Labute approximate surface area is 103 Å². The smallest absolute Gasteiger partial charge is 0.299 e. The van der Waals surface area contributed by atoms with E-state index in [9.17, 15) is 20.2 Å². The quantitative estimate of drug-likeness (QED) is 0.362. The number of rotatable bonds is 6. The molecule has 0 atom stereocenters. The third-order valence-corrected chi connectivity index (χ3v) is 2.25. The van der Waals surface area contributed by atoms with Crippen LogP contribution in [0.4, 0.5) is 17.1 Å². The molecule has 18 heavy (non-hydrogen) atoms. The number of nitro benzene ring substituents is 2. The molecule has 7 heteroatoms. The summed E-state index contributed by atoms with van der Waals surface area (Å²) in [7, 11) is 0. The van der Waals surface area contributed by atoms with Gasteiger partial charge in [0.15, 0.2) is 0 Å². The Bertz CT molecular complexity index is 485. The summed E-state index contributed by atoms with van der Waals surface area (Å²) in [6, 6.07) is 3.55. The Balaban J connectivity index is 2.90. The first kappa shape index (κ1) is 13.6. The second kappa shape index (κ2) is 6.33. The van der Waals surface area contributed by atoms with Crippen molar-refractivity contribution in [1.29, 1.82) is 0 Å². The molecule has 0 heterocycles. The molecule has 0 amide bonds. The molecule has 7 nitrogen and oxygen atoms in total. The van der Waals surface area contributed by atoms with Crippen LogP contribution < -0.4 is 5.32 Å². The van der Waals surface area contributed by atoms with Crippen molar-refractivity contribution in [2.24, 2.45) is 0 Å². The van der Waals surface area contributed by atoms with Crippen LogP contribution in [0.3, 0.4) is 0 Å². The van der Waals surface area contributed by atoms with Crippen LogP contribution in [-0.2, 0) is 0 Å². The molecule has 1 aromatic rings. The molecule has 0 aliphatic heterocycles. The fourth-order valence-electron chi connectivity index (χ4n) is 1.39. The van der Waals surface area contributed by atoms with Gasteiger partial charge in [-0.05, 0) is 19.4 Å². The molecule has 1 N–H and O–H groups in total. The second-order valence-electron chi connectivity index (χ2n) is 3.50. The van der Waals surface area contributed by atoms with Crippen molar-refractivity contribution in [3.63, 3.8) is 0 Å². The molecular weight excluding hydrogens is 238 g/mol. The number of allylic oxidation sites excluding steroid dienone is 1. The monoisotopic (exact) mass is 251 g/mol. The summed E-state index contributed by atoms with van der Waals surface area (Å²) in [5.41, 5.74) is -0.291. The summed E-state index contributed by atoms with van der Waals surface area (Å²) in [4.78, 5) is 20.1. The van der Waals surface area contributed by atoms with E-state index in [1.165, 1.54) is 12.1 Å². The number of nitrogens with zero attached hydrogens (tertiary/aromatic N) is 2. The lowest BCUT2D eigenvalue weighted by molar-refractivity contribution is -0.393. The maximum atomic E-state index is 10.8. The van der Waals surface area contributed by atoms with Gasteiger partial charge < -0.3 is 5.32 Å². The number of nitro groups is 2. The minimum absolute atomic E-state index is 0.287. The van der Waals surface area contributed by atoms with E-state index in [1.54, 1.807) is 0 Å². The molecule has 0 aliphatic rings. The zero-order valence-electron chi connectivity index (χ0n) is 9.83. The van der Waals surface area contributed by atoms with Crippen LogP contribution >= 0.6 is 0 Å². The largest absolute Gasteiger partial charge is 0.379 e. The SMILES string of the molecule is C/C=C/CCNc1ccc([N+](=O)[O-])cc1[N+](=O)[O-]. The van der Waals surface area contributed by atoms with Crippen LogP contribution in [0.25, 0.3) is 0 Å². The highest BCUT2D eigenvalue weighted by Gasteiger charge is 2.18. The van der Waals surface area contributed by atoms with E-state index in [1.807, 2.05) is 19.1 Å². The van der Waals surface area contributed by atoms with Crippen molar-refractivity contribution >= 4 is 17.1 Å². The first-order valence-electron chi connectivity index (χ1n) is 5.34. The lowest BCUT2D eigenvalue weighted by Crippen LogP contribution is -2.04. The van der Waals surface area contributed by atoms with Gasteiger partial charge in [0.25, 0.3) is 11.4 Å². The van der Waals surface area contributed by atoms with Crippen LogP contribution in [0.2, 0.25) is 0 Å².